The number of benzene rings is 1. The maximum absolute atomic E-state index is 11.8. The Morgan fingerprint density at radius 1 is 1.36 bits per heavy atom. The molecule has 0 aliphatic heterocycles. The molecule has 0 amide bonds. The lowest BCUT2D eigenvalue weighted by Crippen LogP contribution is -2.01. The van der Waals surface area contributed by atoms with E-state index in [2.05, 4.69) is 0 Å². The van der Waals surface area contributed by atoms with Crippen molar-refractivity contribution in [1.82, 2.24) is 0 Å². The Kier molecular flexibility index (Phi) is 3.90. The van der Waals surface area contributed by atoms with Crippen LogP contribution < -0.4 is 0 Å². The average Bonchev–Trinajstić information content (AvgIpc) is 2.20. The number of hydrogen-bond acceptors (Lipinski definition) is 1. The van der Waals surface area contributed by atoms with E-state index in [1.165, 1.54) is 0 Å². The van der Waals surface area contributed by atoms with E-state index in [9.17, 15) is 4.79 Å². The first-order valence-corrected chi connectivity index (χ1v) is 5.02. The molecular formula is C12H13ClO. The van der Waals surface area contributed by atoms with Gasteiger partial charge in [-0.1, -0.05) is 24.6 Å². The first kappa shape index (κ1) is 11.0. The first-order chi connectivity index (χ1) is 6.69. The van der Waals surface area contributed by atoms with Gasteiger partial charge in [-0.2, -0.15) is 0 Å². The van der Waals surface area contributed by atoms with E-state index in [1.54, 1.807) is 24.3 Å². The van der Waals surface area contributed by atoms with Crippen LogP contribution in [0, 0.1) is 0 Å². The van der Waals surface area contributed by atoms with Crippen LogP contribution in [0.15, 0.2) is 35.9 Å². The fraction of sp³-hybridized carbons (Fsp3) is 0.250. The number of hydrogen-bond donors (Lipinski definition) is 0. The van der Waals surface area contributed by atoms with Crippen molar-refractivity contribution in [1.29, 1.82) is 0 Å². The van der Waals surface area contributed by atoms with Crippen molar-refractivity contribution in [3.63, 3.8) is 0 Å². The summed E-state index contributed by atoms with van der Waals surface area (Å²) in [5.41, 5.74) is 1.54. The minimum absolute atomic E-state index is 0.0895. The van der Waals surface area contributed by atoms with Crippen molar-refractivity contribution in [3.8, 4) is 0 Å². The second kappa shape index (κ2) is 4.97. The van der Waals surface area contributed by atoms with Gasteiger partial charge in [0.1, 0.15) is 0 Å². The van der Waals surface area contributed by atoms with Gasteiger partial charge in [0.05, 0.1) is 0 Å². The van der Waals surface area contributed by atoms with E-state index < -0.39 is 0 Å². The zero-order chi connectivity index (χ0) is 10.6. The molecule has 0 aliphatic carbocycles. The van der Waals surface area contributed by atoms with E-state index in [0.29, 0.717) is 10.6 Å². The molecule has 0 saturated carbocycles. The fourth-order valence-electron chi connectivity index (χ4n) is 1.28. The molecular weight excluding hydrogens is 196 g/mol. The Labute approximate surface area is 89.4 Å². The SMILES string of the molecule is C/C=C(/CC)C(=O)c1ccc(Cl)cc1. The largest absolute Gasteiger partial charge is 0.289 e. The summed E-state index contributed by atoms with van der Waals surface area (Å²) < 4.78 is 0. The molecule has 1 rings (SSSR count). The third kappa shape index (κ3) is 2.46. The van der Waals surface area contributed by atoms with E-state index in [4.69, 9.17) is 11.6 Å². The van der Waals surface area contributed by atoms with Crippen molar-refractivity contribution in [2.24, 2.45) is 0 Å². The highest BCUT2D eigenvalue weighted by Gasteiger charge is 2.08. The molecule has 0 radical (unpaired) electrons. The van der Waals surface area contributed by atoms with Gasteiger partial charge >= 0.3 is 0 Å². The van der Waals surface area contributed by atoms with Gasteiger partial charge < -0.3 is 0 Å². The molecule has 0 N–H and O–H groups in total. The normalized spacial score (nSPS) is 11.5. The Hall–Kier alpha value is -1.08. The van der Waals surface area contributed by atoms with Crippen molar-refractivity contribution >= 4 is 17.4 Å². The van der Waals surface area contributed by atoms with Crippen LogP contribution in [-0.2, 0) is 0 Å². The fourth-order valence-corrected chi connectivity index (χ4v) is 1.41. The van der Waals surface area contributed by atoms with Crippen LogP contribution in [0.25, 0.3) is 0 Å². The lowest BCUT2D eigenvalue weighted by atomic mass is 10.0. The maximum atomic E-state index is 11.8. The molecule has 0 aliphatic rings. The lowest BCUT2D eigenvalue weighted by molar-refractivity contribution is 0.103. The van der Waals surface area contributed by atoms with Crippen LogP contribution in [0.2, 0.25) is 5.02 Å². The summed E-state index contributed by atoms with van der Waals surface area (Å²) >= 11 is 5.74. The molecule has 0 bridgehead atoms. The highest BCUT2D eigenvalue weighted by molar-refractivity contribution is 6.30. The standard InChI is InChI=1S/C12H13ClO/c1-3-9(4-2)12(14)10-5-7-11(13)8-6-10/h3,5-8H,4H2,1-2H3/b9-3-. The second-order valence-electron chi connectivity index (χ2n) is 3.00. The number of rotatable bonds is 3. The molecule has 1 aromatic carbocycles. The van der Waals surface area contributed by atoms with E-state index >= 15 is 0 Å². The quantitative estimate of drug-likeness (QED) is 0.544. The molecule has 0 spiro atoms. The van der Waals surface area contributed by atoms with Gasteiger partial charge in [-0.25, -0.2) is 0 Å². The van der Waals surface area contributed by atoms with E-state index in [0.717, 1.165) is 12.0 Å². The monoisotopic (exact) mass is 208 g/mol. The molecule has 0 fully saturated rings. The second-order valence-corrected chi connectivity index (χ2v) is 3.44. The summed E-state index contributed by atoms with van der Waals surface area (Å²) in [4.78, 5) is 11.8. The van der Waals surface area contributed by atoms with Gasteiger partial charge in [0.15, 0.2) is 5.78 Å². The molecule has 14 heavy (non-hydrogen) atoms. The highest BCUT2D eigenvalue weighted by Crippen LogP contribution is 2.14. The third-order valence-electron chi connectivity index (χ3n) is 2.13. The maximum Gasteiger partial charge on any atom is 0.188 e. The van der Waals surface area contributed by atoms with Crippen molar-refractivity contribution in [2.75, 3.05) is 0 Å². The number of carbonyl (C=O) groups is 1. The Bertz CT molecular complexity index is 349. The molecule has 0 aromatic heterocycles. The first-order valence-electron chi connectivity index (χ1n) is 4.64. The van der Waals surface area contributed by atoms with Crippen LogP contribution in [0.4, 0.5) is 0 Å². The molecule has 74 valence electrons. The van der Waals surface area contributed by atoms with Gasteiger partial charge in [-0.15, -0.1) is 0 Å². The molecule has 0 atom stereocenters. The number of ketones is 1. The highest BCUT2D eigenvalue weighted by atomic mass is 35.5. The van der Waals surface area contributed by atoms with Gasteiger partial charge in [-0.3, -0.25) is 4.79 Å². The average molecular weight is 209 g/mol. The topological polar surface area (TPSA) is 17.1 Å². The van der Waals surface area contributed by atoms with Crippen molar-refractivity contribution in [2.45, 2.75) is 20.3 Å². The predicted octanol–water partition coefficient (Wildman–Crippen LogP) is 3.88. The van der Waals surface area contributed by atoms with Crippen LogP contribution >= 0.6 is 11.6 Å². The predicted molar refractivity (Wildman–Crippen MR) is 59.8 cm³/mol. The van der Waals surface area contributed by atoms with Crippen molar-refractivity contribution < 1.29 is 4.79 Å². The summed E-state index contributed by atoms with van der Waals surface area (Å²) in [6.45, 7) is 3.86. The van der Waals surface area contributed by atoms with Crippen molar-refractivity contribution in [3.05, 3.63) is 46.5 Å². The zero-order valence-electron chi connectivity index (χ0n) is 8.38. The summed E-state index contributed by atoms with van der Waals surface area (Å²) in [5.74, 6) is 0.0895. The summed E-state index contributed by atoms with van der Waals surface area (Å²) in [6, 6.07) is 6.98. The molecule has 1 nitrogen and oxygen atoms in total. The molecule has 0 unspecified atom stereocenters. The van der Waals surface area contributed by atoms with Crippen LogP contribution in [0.3, 0.4) is 0 Å². The van der Waals surface area contributed by atoms with Crippen LogP contribution in [0.1, 0.15) is 30.6 Å². The van der Waals surface area contributed by atoms with Crippen LogP contribution in [0.5, 0.6) is 0 Å². The Balaban J connectivity index is 2.95. The van der Waals surface area contributed by atoms with E-state index in [-0.39, 0.29) is 5.78 Å². The number of Topliss-reactive ketones (excluding diaryl/α,β-unsaturated/α-hetero) is 1. The molecule has 0 saturated heterocycles. The minimum Gasteiger partial charge on any atom is -0.289 e. The lowest BCUT2D eigenvalue weighted by Gasteiger charge is -2.02. The number of carbonyl (C=O) groups excluding carboxylic acids is 1. The summed E-state index contributed by atoms with van der Waals surface area (Å²) in [6.07, 6.45) is 2.62. The summed E-state index contributed by atoms with van der Waals surface area (Å²) in [5, 5.41) is 0.653. The Morgan fingerprint density at radius 2 is 1.93 bits per heavy atom. The van der Waals surface area contributed by atoms with Gasteiger partial charge in [0.2, 0.25) is 0 Å². The minimum atomic E-state index is 0.0895. The molecule has 2 heteroatoms. The van der Waals surface area contributed by atoms with E-state index in [1.807, 2.05) is 19.9 Å². The van der Waals surface area contributed by atoms with Gasteiger partial charge in [0.25, 0.3) is 0 Å². The zero-order valence-corrected chi connectivity index (χ0v) is 9.14. The molecule has 0 heterocycles. The number of allylic oxidation sites excluding steroid dienone is 2. The summed E-state index contributed by atoms with van der Waals surface area (Å²) in [7, 11) is 0. The van der Waals surface area contributed by atoms with Gasteiger partial charge in [-0.05, 0) is 43.2 Å². The number of halogens is 1. The van der Waals surface area contributed by atoms with Crippen LogP contribution in [-0.4, -0.2) is 5.78 Å². The molecule has 1 aromatic rings. The smallest absolute Gasteiger partial charge is 0.188 e. The third-order valence-corrected chi connectivity index (χ3v) is 2.38. The Morgan fingerprint density at radius 3 is 2.36 bits per heavy atom. The van der Waals surface area contributed by atoms with Gasteiger partial charge in [0, 0.05) is 10.6 Å².